The van der Waals surface area contributed by atoms with Crippen molar-refractivity contribution in [1.29, 1.82) is 0 Å². The molecule has 296 valence electrons. The van der Waals surface area contributed by atoms with Crippen molar-refractivity contribution in [3.63, 3.8) is 0 Å². The SMILES string of the molecule is CC1(C)c2cc(N(c3ccc4c(c3)CCCC4)c3cccc4ccccc34)ccc2-c2c1cc(N(c1ccc3c(c1)CCCC3)c1cccc3ccccc13)c1ccccc21. The number of anilines is 6. The standard InChI is InChI=1S/C59H50N2/c1-59(2)53-37-47(60(45-31-29-39-15-3-5-19-43(39)35-45)55-27-13-21-41-17-7-9-23-48(41)55)33-34-52(53)58-51-26-12-11-25-50(51)57(38-54(58)59)61(46-32-30-40-16-4-6-20-44(40)36-46)56-28-14-22-42-18-8-10-24-49(42)56/h7-14,17-18,21-38H,3-6,15-16,19-20H2,1-2H3. The quantitative estimate of drug-likeness (QED) is 0.166. The highest BCUT2D eigenvalue weighted by Gasteiger charge is 2.39. The van der Waals surface area contributed by atoms with E-state index in [0.717, 1.165) is 12.8 Å². The molecule has 9 aromatic carbocycles. The summed E-state index contributed by atoms with van der Waals surface area (Å²) in [7, 11) is 0. The van der Waals surface area contributed by atoms with Crippen molar-refractivity contribution >= 4 is 66.4 Å². The Morgan fingerprint density at radius 1 is 0.361 bits per heavy atom. The maximum atomic E-state index is 2.57. The van der Waals surface area contributed by atoms with Gasteiger partial charge in [-0.25, -0.2) is 0 Å². The summed E-state index contributed by atoms with van der Waals surface area (Å²) in [5.74, 6) is 0. The summed E-state index contributed by atoms with van der Waals surface area (Å²) in [5, 5.41) is 7.60. The lowest BCUT2D eigenvalue weighted by Crippen LogP contribution is -2.18. The summed E-state index contributed by atoms with van der Waals surface area (Å²) < 4.78 is 0. The van der Waals surface area contributed by atoms with Crippen molar-refractivity contribution in [2.45, 2.75) is 70.6 Å². The first-order valence-electron chi connectivity index (χ1n) is 22.5. The molecule has 0 saturated carbocycles. The molecule has 0 heterocycles. The number of rotatable bonds is 6. The fourth-order valence-electron chi connectivity index (χ4n) is 11.2. The summed E-state index contributed by atoms with van der Waals surface area (Å²) in [6, 6.07) is 64.8. The van der Waals surface area contributed by atoms with Gasteiger partial charge in [0.1, 0.15) is 0 Å². The van der Waals surface area contributed by atoms with Gasteiger partial charge >= 0.3 is 0 Å². The highest BCUT2D eigenvalue weighted by molar-refractivity contribution is 6.12. The topological polar surface area (TPSA) is 6.48 Å². The zero-order valence-corrected chi connectivity index (χ0v) is 35.2. The number of nitrogens with zero attached hydrogens (tertiary/aromatic N) is 2. The molecule has 3 aliphatic rings. The first kappa shape index (κ1) is 36.2. The van der Waals surface area contributed by atoms with Crippen LogP contribution in [0.25, 0.3) is 43.4 Å². The van der Waals surface area contributed by atoms with Crippen LogP contribution in [0.3, 0.4) is 0 Å². The summed E-state index contributed by atoms with van der Waals surface area (Å²) in [6.45, 7) is 4.89. The Balaban J connectivity index is 1.07. The van der Waals surface area contributed by atoms with Crippen molar-refractivity contribution < 1.29 is 0 Å². The number of aryl methyl sites for hydroxylation is 4. The lowest BCUT2D eigenvalue weighted by Gasteiger charge is -2.32. The lowest BCUT2D eigenvalue weighted by atomic mass is 9.81. The zero-order valence-electron chi connectivity index (χ0n) is 35.2. The van der Waals surface area contributed by atoms with Gasteiger partial charge in [-0.2, -0.15) is 0 Å². The van der Waals surface area contributed by atoms with E-state index in [0.29, 0.717) is 0 Å². The fraction of sp³-hybridized carbons (Fsp3) is 0.186. The van der Waals surface area contributed by atoms with Crippen LogP contribution in [0.5, 0.6) is 0 Å². The van der Waals surface area contributed by atoms with Crippen LogP contribution in [-0.2, 0) is 31.1 Å². The van der Waals surface area contributed by atoms with Gasteiger partial charge in [-0.1, -0.05) is 129 Å². The molecule has 2 heteroatoms. The molecule has 0 spiro atoms. The van der Waals surface area contributed by atoms with Gasteiger partial charge in [0.25, 0.3) is 0 Å². The Labute approximate surface area is 359 Å². The van der Waals surface area contributed by atoms with E-state index in [1.54, 1.807) is 0 Å². The summed E-state index contributed by atoms with van der Waals surface area (Å²) in [6.07, 6.45) is 9.71. The first-order chi connectivity index (χ1) is 30.0. The monoisotopic (exact) mass is 786 g/mol. The molecule has 0 unspecified atom stereocenters. The molecule has 12 rings (SSSR count). The van der Waals surface area contributed by atoms with Crippen LogP contribution < -0.4 is 9.80 Å². The number of benzene rings is 9. The van der Waals surface area contributed by atoms with Crippen LogP contribution in [0.2, 0.25) is 0 Å². The molecule has 0 aromatic heterocycles. The van der Waals surface area contributed by atoms with E-state index in [1.807, 2.05) is 0 Å². The number of fused-ring (bicyclic) bond motifs is 9. The average Bonchev–Trinajstić information content (AvgIpc) is 3.54. The maximum absolute atomic E-state index is 2.57. The second-order valence-corrected chi connectivity index (χ2v) is 18.2. The average molecular weight is 787 g/mol. The maximum Gasteiger partial charge on any atom is 0.0543 e. The van der Waals surface area contributed by atoms with E-state index in [2.05, 4.69) is 194 Å². The van der Waals surface area contributed by atoms with E-state index in [1.165, 1.54) is 149 Å². The van der Waals surface area contributed by atoms with Crippen LogP contribution in [0.4, 0.5) is 34.1 Å². The summed E-state index contributed by atoms with van der Waals surface area (Å²) >= 11 is 0. The van der Waals surface area contributed by atoms with Crippen molar-refractivity contribution in [1.82, 2.24) is 0 Å². The minimum atomic E-state index is -0.264. The molecule has 0 N–H and O–H groups in total. The third kappa shape index (κ3) is 5.83. The number of hydrogen-bond acceptors (Lipinski definition) is 2. The van der Waals surface area contributed by atoms with Crippen LogP contribution in [0.15, 0.2) is 170 Å². The van der Waals surface area contributed by atoms with Crippen LogP contribution in [0.1, 0.15) is 72.9 Å². The molecule has 0 bridgehead atoms. The molecule has 9 aromatic rings. The van der Waals surface area contributed by atoms with Gasteiger partial charge in [0.15, 0.2) is 0 Å². The Kier molecular flexibility index (Phi) is 8.46. The smallest absolute Gasteiger partial charge is 0.0543 e. The highest BCUT2D eigenvalue weighted by atomic mass is 15.2. The lowest BCUT2D eigenvalue weighted by molar-refractivity contribution is 0.661. The van der Waals surface area contributed by atoms with Gasteiger partial charge in [-0.05, 0) is 167 Å². The van der Waals surface area contributed by atoms with E-state index in [4.69, 9.17) is 0 Å². The molecule has 0 fully saturated rings. The molecule has 0 saturated heterocycles. The molecular formula is C59H50N2. The normalized spacial score (nSPS) is 15.0. The molecule has 61 heavy (non-hydrogen) atoms. The van der Waals surface area contributed by atoms with Crippen molar-refractivity contribution in [2.75, 3.05) is 9.80 Å². The van der Waals surface area contributed by atoms with Crippen molar-refractivity contribution in [3.05, 3.63) is 203 Å². The number of hydrogen-bond donors (Lipinski definition) is 0. The van der Waals surface area contributed by atoms with Crippen molar-refractivity contribution in [2.24, 2.45) is 0 Å². The van der Waals surface area contributed by atoms with Crippen LogP contribution in [0, 0.1) is 0 Å². The van der Waals surface area contributed by atoms with E-state index in [9.17, 15) is 0 Å². The Morgan fingerprint density at radius 3 is 1.46 bits per heavy atom. The highest BCUT2D eigenvalue weighted by Crippen LogP contribution is 2.56. The van der Waals surface area contributed by atoms with Gasteiger partial charge in [0.2, 0.25) is 0 Å². The zero-order chi connectivity index (χ0) is 40.7. The van der Waals surface area contributed by atoms with Gasteiger partial charge in [0.05, 0.1) is 17.1 Å². The minimum Gasteiger partial charge on any atom is -0.310 e. The largest absolute Gasteiger partial charge is 0.310 e. The summed E-state index contributed by atoms with van der Waals surface area (Å²) in [4.78, 5) is 5.10. The Hall–Kier alpha value is -6.64. The first-order valence-corrected chi connectivity index (χ1v) is 22.5. The second kappa shape index (κ2) is 14.2. The molecule has 3 aliphatic carbocycles. The van der Waals surface area contributed by atoms with Gasteiger partial charge in [0, 0.05) is 38.6 Å². The van der Waals surface area contributed by atoms with Gasteiger partial charge < -0.3 is 9.80 Å². The molecule has 0 amide bonds. The van der Waals surface area contributed by atoms with Gasteiger partial charge in [-0.3, -0.25) is 0 Å². The Morgan fingerprint density at radius 2 is 0.836 bits per heavy atom. The van der Waals surface area contributed by atoms with Gasteiger partial charge in [-0.15, -0.1) is 0 Å². The predicted molar refractivity (Wildman–Crippen MR) is 259 cm³/mol. The molecule has 2 nitrogen and oxygen atoms in total. The second-order valence-electron chi connectivity index (χ2n) is 18.2. The third-order valence-corrected chi connectivity index (χ3v) is 14.3. The molecule has 0 atom stereocenters. The molecular weight excluding hydrogens is 737 g/mol. The Bertz CT molecular complexity index is 3200. The van der Waals surface area contributed by atoms with Crippen LogP contribution in [-0.4, -0.2) is 0 Å². The van der Waals surface area contributed by atoms with Crippen molar-refractivity contribution in [3.8, 4) is 11.1 Å². The van der Waals surface area contributed by atoms with Crippen LogP contribution >= 0.6 is 0 Å². The predicted octanol–water partition coefficient (Wildman–Crippen LogP) is 16.1. The molecule has 0 aliphatic heterocycles. The summed E-state index contributed by atoms with van der Waals surface area (Å²) in [5.41, 5.74) is 18.5. The van der Waals surface area contributed by atoms with E-state index >= 15 is 0 Å². The van der Waals surface area contributed by atoms with E-state index < -0.39 is 0 Å². The minimum absolute atomic E-state index is 0.264. The fourth-order valence-corrected chi connectivity index (χ4v) is 11.2. The van der Waals surface area contributed by atoms with E-state index in [-0.39, 0.29) is 5.41 Å². The molecule has 0 radical (unpaired) electrons. The third-order valence-electron chi connectivity index (χ3n) is 14.3.